The average Bonchev–Trinajstić information content (AvgIpc) is 3.16. The van der Waals surface area contributed by atoms with Gasteiger partial charge in [-0.3, -0.25) is 4.90 Å². The van der Waals surface area contributed by atoms with Crippen LogP contribution in [0.1, 0.15) is 39.0 Å². The molecule has 19 heavy (non-hydrogen) atoms. The van der Waals surface area contributed by atoms with E-state index < -0.39 is 12.7 Å². The lowest BCUT2D eigenvalue weighted by Crippen LogP contribution is -2.46. The number of hydrogen-bond donors (Lipinski definition) is 2. The lowest BCUT2D eigenvalue weighted by atomic mass is 9.91. The van der Waals surface area contributed by atoms with E-state index in [-0.39, 0.29) is 18.2 Å². The lowest BCUT2D eigenvalue weighted by Gasteiger charge is -2.32. The standard InChI is InChI=1S/C13H25F3N2O/c1-3-12(10-19,17-2)7-4-8-18(11-5-6-11)9-13(14,15)16/h11,17,19H,3-10H2,1-2H3. The molecule has 1 aliphatic rings. The van der Waals surface area contributed by atoms with E-state index in [2.05, 4.69) is 5.32 Å². The van der Waals surface area contributed by atoms with E-state index in [4.69, 9.17) is 0 Å². The predicted octanol–water partition coefficient (Wildman–Crippen LogP) is 2.15. The third kappa shape index (κ3) is 5.67. The van der Waals surface area contributed by atoms with Crippen molar-refractivity contribution in [2.45, 2.75) is 56.8 Å². The van der Waals surface area contributed by atoms with Gasteiger partial charge in [-0.25, -0.2) is 0 Å². The summed E-state index contributed by atoms with van der Waals surface area (Å²) in [5.74, 6) is 0. The number of halogens is 3. The summed E-state index contributed by atoms with van der Waals surface area (Å²) in [6.07, 6.45) is -0.241. The maximum atomic E-state index is 12.5. The van der Waals surface area contributed by atoms with Crippen molar-refractivity contribution in [3.63, 3.8) is 0 Å². The molecule has 1 saturated carbocycles. The summed E-state index contributed by atoms with van der Waals surface area (Å²) in [7, 11) is 1.79. The van der Waals surface area contributed by atoms with Crippen LogP contribution in [0.15, 0.2) is 0 Å². The van der Waals surface area contributed by atoms with E-state index in [1.54, 1.807) is 7.05 Å². The third-order valence-electron chi connectivity index (χ3n) is 4.06. The molecule has 2 N–H and O–H groups in total. The largest absolute Gasteiger partial charge is 0.401 e. The molecular formula is C13H25F3N2O. The number of rotatable bonds is 9. The molecule has 1 unspecified atom stereocenters. The van der Waals surface area contributed by atoms with Gasteiger partial charge >= 0.3 is 6.18 Å². The van der Waals surface area contributed by atoms with Crippen molar-refractivity contribution in [1.82, 2.24) is 10.2 Å². The number of likely N-dealkylation sites (N-methyl/N-ethyl adjacent to an activating group) is 1. The zero-order valence-corrected chi connectivity index (χ0v) is 11.8. The van der Waals surface area contributed by atoms with Gasteiger partial charge in [-0.2, -0.15) is 13.2 Å². The summed E-state index contributed by atoms with van der Waals surface area (Å²) < 4.78 is 37.4. The number of aliphatic hydroxyl groups is 1. The zero-order chi connectivity index (χ0) is 14.5. The Kier molecular flexibility index (Phi) is 6.08. The minimum Gasteiger partial charge on any atom is -0.394 e. The van der Waals surface area contributed by atoms with Gasteiger partial charge in [0, 0.05) is 11.6 Å². The van der Waals surface area contributed by atoms with E-state index >= 15 is 0 Å². The Bertz CT molecular complexity index is 255. The monoisotopic (exact) mass is 282 g/mol. The van der Waals surface area contributed by atoms with Crippen LogP contribution in [0.25, 0.3) is 0 Å². The Morgan fingerprint density at radius 3 is 2.32 bits per heavy atom. The fraction of sp³-hybridized carbons (Fsp3) is 1.00. The van der Waals surface area contributed by atoms with Gasteiger partial charge < -0.3 is 10.4 Å². The Morgan fingerprint density at radius 2 is 1.95 bits per heavy atom. The normalized spacial score (nSPS) is 19.7. The van der Waals surface area contributed by atoms with Crippen LogP contribution in [0.3, 0.4) is 0 Å². The molecule has 0 saturated heterocycles. The second kappa shape index (κ2) is 6.90. The van der Waals surface area contributed by atoms with Gasteiger partial charge in [-0.1, -0.05) is 6.92 Å². The molecule has 1 aliphatic carbocycles. The number of nitrogens with one attached hydrogen (secondary N) is 1. The summed E-state index contributed by atoms with van der Waals surface area (Å²) >= 11 is 0. The number of alkyl halides is 3. The molecule has 0 aromatic rings. The van der Waals surface area contributed by atoms with Crippen LogP contribution in [0.4, 0.5) is 13.2 Å². The Balaban J connectivity index is 2.40. The van der Waals surface area contributed by atoms with Crippen molar-refractivity contribution in [3.8, 4) is 0 Å². The quantitative estimate of drug-likeness (QED) is 0.680. The molecule has 0 aromatic carbocycles. The van der Waals surface area contributed by atoms with Crippen molar-refractivity contribution in [2.75, 3.05) is 26.7 Å². The Labute approximate surface area is 113 Å². The molecule has 1 atom stereocenters. The second-order valence-electron chi connectivity index (χ2n) is 5.46. The molecule has 0 heterocycles. The molecule has 0 amide bonds. The highest BCUT2D eigenvalue weighted by atomic mass is 19.4. The molecule has 1 rings (SSSR count). The van der Waals surface area contributed by atoms with Gasteiger partial charge in [0.1, 0.15) is 0 Å². The molecule has 0 bridgehead atoms. The summed E-state index contributed by atoms with van der Waals surface area (Å²) in [6.45, 7) is 1.63. The minimum absolute atomic E-state index is 0.0166. The molecule has 0 spiro atoms. The van der Waals surface area contributed by atoms with Crippen LogP contribution in [0, 0.1) is 0 Å². The third-order valence-corrected chi connectivity index (χ3v) is 4.06. The topological polar surface area (TPSA) is 35.5 Å². The Hall–Kier alpha value is -0.330. The summed E-state index contributed by atoms with van der Waals surface area (Å²) in [5, 5.41) is 12.5. The first-order chi connectivity index (χ1) is 8.86. The Morgan fingerprint density at radius 1 is 1.32 bits per heavy atom. The first-order valence-corrected chi connectivity index (χ1v) is 6.96. The summed E-state index contributed by atoms with van der Waals surface area (Å²) in [4.78, 5) is 1.54. The van der Waals surface area contributed by atoms with Crippen molar-refractivity contribution in [1.29, 1.82) is 0 Å². The average molecular weight is 282 g/mol. The maximum Gasteiger partial charge on any atom is 0.401 e. The zero-order valence-electron chi connectivity index (χ0n) is 11.8. The predicted molar refractivity (Wildman–Crippen MR) is 69.1 cm³/mol. The van der Waals surface area contributed by atoms with Gasteiger partial charge in [0.25, 0.3) is 0 Å². The van der Waals surface area contributed by atoms with E-state index in [0.29, 0.717) is 19.4 Å². The van der Waals surface area contributed by atoms with Crippen LogP contribution in [0.5, 0.6) is 0 Å². The molecular weight excluding hydrogens is 257 g/mol. The highest BCUT2D eigenvalue weighted by molar-refractivity contribution is 4.88. The summed E-state index contributed by atoms with van der Waals surface area (Å²) in [6, 6.07) is 0.112. The molecule has 6 heteroatoms. The highest BCUT2D eigenvalue weighted by Crippen LogP contribution is 2.30. The van der Waals surface area contributed by atoms with Gasteiger partial charge in [0.15, 0.2) is 0 Å². The van der Waals surface area contributed by atoms with Gasteiger partial charge in [0.05, 0.1) is 13.2 Å². The van der Waals surface area contributed by atoms with E-state index in [1.165, 1.54) is 4.90 Å². The van der Waals surface area contributed by atoms with Crippen LogP contribution >= 0.6 is 0 Å². The van der Waals surface area contributed by atoms with E-state index in [9.17, 15) is 18.3 Å². The van der Waals surface area contributed by atoms with Crippen molar-refractivity contribution in [3.05, 3.63) is 0 Å². The van der Waals surface area contributed by atoms with Crippen LogP contribution in [0.2, 0.25) is 0 Å². The smallest absolute Gasteiger partial charge is 0.394 e. The van der Waals surface area contributed by atoms with Crippen molar-refractivity contribution < 1.29 is 18.3 Å². The van der Waals surface area contributed by atoms with Crippen LogP contribution in [-0.2, 0) is 0 Å². The SMILES string of the molecule is CCC(CO)(CCCN(CC(F)(F)F)C1CC1)NC. The second-order valence-corrected chi connectivity index (χ2v) is 5.46. The van der Waals surface area contributed by atoms with Gasteiger partial charge in [-0.15, -0.1) is 0 Å². The fourth-order valence-electron chi connectivity index (χ4n) is 2.43. The highest BCUT2D eigenvalue weighted by Gasteiger charge is 2.38. The number of aliphatic hydroxyl groups excluding tert-OH is 1. The maximum absolute atomic E-state index is 12.5. The fourth-order valence-corrected chi connectivity index (χ4v) is 2.43. The van der Waals surface area contributed by atoms with Crippen LogP contribution in [-0.4, -0.2) is 54.5 Å². The van der Waals surface area contributed by atoms with Crippen molar-refractivity contribution >= 4 is 0 Å². The molecule has 0 aliphatic heterocycles. The lowest BCUT2D eigenvalue weighted by molar-refractivity contribution is -0.147. The van der Waals surface area contributed by atoms with Gasteiger partial charge in [-0.05, 0) is 45.7 Å². The van der Waals surface area contributed by atoms with Crippen LogP contribution < -0.4 is 5.32 Å². The molecule has 0 radical (unpaired) electrons. The molecule has 114 valence electrons. The van der Waals surface area contributed by atoms with Crippen molar-refractivity contribution in [2.24, 2.45) is 0 Å². The van der Waals surface area contributed by atoms with Gasteiger partial charge in [0.2, 0.25) is 0 Å². The molecule has 0 aromatic heterocycles. The van der Waals surface area contributed by atoms with E-state index in [0.717, 1.165) is 19.3 Å². The molecule has 3 nitrogen and oxygen atoms in total. The minimum atomic E-state index is -4.12. The number of hydrogen-bond acceptors (Lipinski definition) is 3. The van der Waals surface area contributed by atoms with E-state index in [1.807, 2.05) is 6.92 Å². The first-order valence-electron chi connectivity index (χ1n) is 6.96. The first kappa shape index (κ1) is 16.7. The molecule has 1 fully saturated rings. The summed E-state index contributed by atoms with van der Waals surface area (Å²) in [5.41, 5.74) is -0.354. The number of nitrogens with zero attached hydrogens (tertiary/aromatic N) is 1.